The summed E-state index contributed by atoms with van der Waals surface area (Å²) in [6.45, 7) is -3.91. The van der Waals surface area contributed by atoms with E-state index >= 15 is 9.59 Å². The SMILES string of the molecule is C[C@@H](c1ccccc1)[C@@H]1NC(=O)CNC(=O)[C@H](CO)NC(=O)[C@@H]([C@@H](O)[C@@H]2CN=C(N)N2[C@H]2O[C@H](CO)[C@@H](O)[C@H](O)[C@@H]2O)NC(=O)[C@H]([C@@H](O)[C@@H]2CNC(N)=N2)NC(=O)[C@@H](Cc2ccc(O[C@H]3O[C@H](CO)[C@@H](O[C@H]4O[C@H](CO)[C@@H](O)[C@H](O)[C@@H]4O)[C@H](O)[C@@H]3O)cc2)NC1=O. The Labute approximate surface area is 517 Å². The molecule has 91 heavy (non-hydrogen) atoms. The van der Waals surface area contributed by atoms with Crippen LogP contribution in [0.2, 0.25) is 0 Å². The number of hydrogen-bond donors (Lipinski definition) is 23. The van der Waals surface area contributed by atoms with Gasteiger partial charge in [-0.3, -0.25) is 33.8 Å². The van der Waals surface area contributed by atoms with Crippen molar-refractivity contribution in [3.05, 3.63) is 65.7 Å². The van der Waals surface area contributed by atoms with Crippen LogP contribution in [-0.4, -0.2) is 316 Å². The molecular weight excluding hydrogens is 1220 g/mol. The number of carbonyl (C=O) groups excluding carboxylic acids is 6. The standard InChI is InChI=1S/C54H78N12O25/c1-19(21-5-3-2-4-6-21)31-47(84)60-23(11-20-7-9-22(10-8-20)87-51-43(81)40(78)44(29(18-70)90-51)91-52-42(80)39(77)37(75)28(17-69)89-52)46(83)64-32(34(72)24-12-58-53(55)62-24)49(86)65-33(48(85)61-25(15-67)45(82)57-14-30(71)63-31)35(73)26-13-59-54(56)66(26)50-41(79)38(76)36(74)27(16-68)88-50/h2-10,19,23-29,31-44,50-52,67-70,72-81H,11-18H2,1H3,(H2,56,59)(H,57,82)(H,60,84)(H,61,85)(H,63,71)(H,64,83)(H,65,86)(H3,55,58,62)/t19-,23+,24-,25-,26-,27+,28+,29+,31-,32-,33+,34-,35-,36+,37+,38-,39-,40+,41-,42-,43-,44+,50-,51-,52+/m0/s1. The van der Waals surface area contributed by atoms with E-state index in [2.05, 4.69) is 47.2 Å². The van der Waals surface area contributed by atoms with Crippen LogP contribution < -0.4 is 53.4 Å². The van der Waals surface area contributed by atoms with E-state index in [1.807, 2.05) is 0 Å². The molecule has 0 aliphatic carbocycles. The number of nitrogens with two attached hydrogens (primary N) is 2. The third-order valence-electron chi connectivity index (χ3n) is 16.5. The number of amides is 6. The van der Waals surface area contributed by atoms with Gasteiger partial charge in [0.1, 0.15) is 121 Å². The van der Waals surface area contributed by atoms with Crippen LogP contribution >= 0.6 is 0 Å². The maximum absolute atomic E-state index is 15.1. The molecule has 0 aromatic heterocycles. The first-order valence-corrected chi connectivity index (χ1v) is 28.9. The van der Waals surface area contributed by atoms with Gasteiger partial charge in [0.2, 0.25) is 41.7 Å². The molecule has 0 saturated carbocycles. The predicted molar refractivity (Wildman–Crippen MR) is 303 cm³/mol. The van der Waals surface area contributed by atoms with Crippen molar-refractivity contribution in [1.29, 1.82) is 0 Å². The topological polar surface area (TPSA) is 596 Å². The molecule has 504 valence electrons. The van der Waals surface area contributed by atoms with E-state index in [1.165, 1.54) is 24.3 Å². The number of nitrogens with zero attached hydrogens (tertiary/aromatic N) is 3. The fourth-order valence-corrected chi connectivity index (χ4v) is 11.2. The number of aliphatic hydroxyl groups is 14. The second kappa shape index (κ2) is 30.5. The first-order valence-electron chi connectivity index (χ1n) is 28.9. The van der Waals surface area contributed by atoms with Crippen LogP contribution in [-0.2, 0) is 54.1 Å². The molecule has 6 aliphatic rings. The molecule has 6 amide bonds. The highest BCUT2D eigenvalue weighted by atomic mass is 16.7. The summed E-state index contributed by atoms with van der Waals surface area (Å²) in [6, 6.07) is 0.712. The van der Waals surface area contributed by atoms with Gasteiger partial charge in [0, 0.05) is 18.9 Å². The van der Waals surface area contributed by atoms with Crippen molar-refractivity contribution < 1.29 is 124 Å². The largest absolute Gasteiger partial charge is 0.462 e. The molecule has 0 spiro atoms. The molecule has 2 aromatic rings. The molecule has 0 unspecified atom stereocenters. The van der Waals surface area contributed by atoms with Crippen LogP contribution in [0.15, 0.2) is 64.6 Å². The van der Waals surface area contributed by atoms with Gasteiger partial charge in [-0.25, -0.2) is 4.99 Å². The number of rotatable bonds is 17. The summed E-state index contributed by atoms with van der Waals surface area (Å²) in [5.41, 5.74) is 12.8. The maximum Gasteiger partial charge on any atom is 0.246 e. The average Bonchev–Trinajstić information content (AvgIpc) is 1.85. The van der Waals surface area contributed by atoms with Crippen molar-refractivity contribution in [3.8, 4) is 5.75 Å². The van der Waals surface area contributed by atoms with Crippen molar-refractivity contribution in [1.82, 2.24) is 42.1 Å². The lowest BCUT2D eigenvalue weighted by Crippen LogP contribution is -2.70. The molecule has 25 atom stereocenters. The van der Waals surface area contributed by atoms with Crippen molar-refractivity contribution in [3.63, 3.8) is 0 Å². The van der Waals surface area contributed by atoms with Gasteiger partial charge in [0.05, 0.1) is 51.6 Å². The minimum Gasteiger partial charge on any atom is -0.462 e. The second-order valence-corrected chi connectivity index (χ2v) is 22.5. The van der Waals surface area contributed by atoms with Gasteiger partial charge in [-0.2, -0.15) is 0 Å². The summed E-state index contributed by atoms with van der Waals surface area (Å²) < 4.78 is 28.3. The molecule has 8 rings (SSSR count). The summed E-state index contributed by atoms with van der Waals surface area (Å²) >= 11 is 0. The lowest BCUT2D eigenvalue weighted by Gasteiger charge is -2.46. The fourth-order valence-electron chi connectivity index (χ4n) is 11.2. The molecule has 4 fully saturated rings. The molecule has 37 nitrogen and oxygen atoms in total. The van der Waals surface area contributed by atoms with E-state index in [-0.39, 0.29) is 23.8 Å². The highest BCUT2D eigenvalue weighted by molar-refractivity contribution is 5.98. The summed E-state index contributed by atoms with van der Waals surface area (Å²) in [5, 5.41) is 167. The quantitative estimate of drug-likeness (QED) is 0.0699. The summed E-state index contributed by atoms with van der Waals surface area (Å²) in [7, 11) is 0. The van der Waals surface area contributed by atoms with Crippen LogP contribution in [0.4, 0.5) is 0 Å². The maximum atomic E-state index is 15.1. The second-order valence-electron chi connectivity index (χ2n) is 22.5. The summed E-state index contributed by atoms with van der Waals surface area (Å²) in [6.07, 6.45) is -31.7. The van der Waals surface area contributed by atoms with Gasteiger partial charge in [0.25, 0.3) is 0 Å². The van der Waals surface area contributed by atoms with Crippen molar-refractivity contribution >= 4 is 47.4 Å². The zero-order valence-electron chi connectivity index (χ0n) is 48.5. The highest BCUT2D eigenvalue weighted by Crippen LogP contribution is 2.32. The van der Waals surface area contributed by atoms with Crippen molar-refractivity contribution in [2.75, 3.05) is 46.1 Å². The Morgan fingerprint density at radius 1 is 0.593 bits per heavy atom. The lowest BCUT2D eigenvalue weighted by molar-refractivity contribution is -0.352. The number of aliphatic imine (C=N–C) groups is 2. The summed E-state index contributed by atoms with van der Waals surface area (Å²) in [4.78, 5) is 96.1. The van der Waals surface area contributed by atoms with E-state index in [1.54, 1.807) is 37.3 Å². The molecule has 6 aliphatic heterocycles. The fraction of sp³-hybridized carbons (Fsp3) is 0.630. The third-order valence-corrected chi connectivity index (χ3v) is 16.5. The van der Waals surface area contributed by atoms with E-state index in [4.69, 9.17) is 35.2 Å². The number of aliphatic hydroxyl groups excluding tert-OH is 14. The Balaban J connectivity index is 1.11. The monoisotopic (exact) mass is 1290 g/mol. The number of nitrogens with one attached hydrogen (secondary N) is 7. The Morgan fingerprint density at radius 3 is 1.79 bits per heavy atom. The first kappa shape index (κ1) is 69.8. The van der Waals surface area contributed by atoms with Gasteiger partial charge in [-0.1, -0.05) is 49.4 Å². The van der Waals surface area contributed by atoms with Crippen LogP contribution in [0.1, 0.15) is 24.0 Å². The molecule has 0 radical (unpaired) electrons. The number of hydrogen-bond acceptors (Lipinski definition) is 31. The molecule has 0 bridgehead atoms. The third kappa shape index (κ3) is 15.7. The zero-order chi connectivity index (χ0) is 66.3. The Kier molecular flexibility index (Phi) is 23.4. The average molecular weight is 1300 g/mol. The first-order chi connectivity index (χ1) is 43.3. The van der Waals surface area contributed by atoms with Crippen LogP contribution in [0.5, 0.6) is 5.75 Å². The van der Waals surface area contributed by atoms with Gasteiger partial charge >= 0.3 is 0 Å². The Hall–Kier alpha value is -7.12. The lowest BCUT2D eigenvalue weighted by atomic mass is 9.92. The normalized spacial score (nSPS) is 37.5. The van der Waals surface area contributed by atoms with Gasteiger partial charge in [-0.15, -0.1) is 0 Å². The smallest absolute Gasteiger partial charge is 0.246 e. The van der Waals surface area contributed by atoms with Crippen LogP contribution in [0, 0.1) is 0 Å². The molecule has 25 N–H and O–H groups in total. The molecular formula is C54H78N12O25. The zero-order valence-corrected chi connectivity index (χ0v) is 48.5. The van der Waals surface area contributed by atoms with Crippen LogP contribution in [0.3, 0.4) is 0 Å². The van der Waals surface area contributed by atoms with E-state index in [0.717, 1.165) is 4.90 Å². The molecule has 37 heteroatoms. The minimum atomic E-state index is -2.35. The predicted octanol–water partition coefficient (Wildman–Crippen LogP) is -13.6. The van der Waals surface area contributed by atoms with E-state index in [0.29, 0.717) is 5.56 Å². The number of guanidine groups is 2. The van der Waals surface area contributed by atoms with Crippen LogP contribution in [0.25, 0.3) is 0 Å². The number of benzene rings is 2. The van der Waals surface area contributed by atoms with Crippen molar-refractivity contribution in [2.24, 2.45) is 21.5 Å². The molecule has 2 aromatic carbocycles. The number of ether oxygens (including phenoxy) is 5. The Morgan fingerprint density at radius 2 is 1.16 bits per heavy atom. The molecule has 4 saturated heterocycles. The van der Waals surface area contributed by atoms with Gasteiger partial charge < -0.3 is 149 Å². The van der Waals surface area contributed by atoms with E-state index < -0.39 is 240 Å². The van der Waals surface area contributed by atoms with Crippen molar-refractivity contribution in [2.45, 2.75) is 166 Å². The van der Waals surface area contributed by atoms with E-state index in [9.17, 15) is 90.7 Å². The van der Waals surface area contributed by atoms with Gasteiger partial charge in [0.15, 0.2) is 24.4 Å². The number of carbonyl (C=O) groups is 6. The minimum absolute atomic E-state index is 0.0751. The van der Waals surface area contributed by atoms with Gasteiger partial charge in [-0.05, 0) is 23.3 Å². The summed E-state index contributed by atoms with van der Waals surface area (Å²) in [5.74, 6) is -9.02. The molecule has 6 heterocycles. The highest BCUT2D eigenvalue weighted by Gasteiger charge is 2.54. The Bertz CT molecular complexity index is 2900.